The highest BCUT2D eigenvalue weighted by Crippen LogP contribution is 2.38. The number of nitrogens with zero attached hydrogens (tertiary/aromatic N) is 3. The Bertz CT molecular complexity index is 1050. The third kappa shape index (κ3) is 4.40. The number of non-ortho nitro benzene ring substituents is 1. The average Bonchev–Trinajstić information content (AvgIpc) is 3.40. The summed E-state index contributed by atoms with van der Waals surface area (Å²) in [6.07, 6.45) is 2.53. The molecule has 0 aromatic heterocycles. The van der Waals surface area contributed by atoms with Crippen LogP contribution in [0.3, 0.4) is 0 Å². The molecule has 5 rings (SSSR count). The first kappa shape index (κ1) is 22.5. The summed E-state index contributed by atoms with van der Waals surface area (Å²) < 4.78 is 11.0. The number of nitro groups is 1. The maximum atomic E-state index is 13.4. The number of anilines is 2. The zero-order chi connectivity index (χ0) is 23.7. The quantitative estimate of drug-likeness (QED) is 0.516. The summed E-state index contributed by atoms with van der Waals surface area (Å²) in [4.78, 5) is 29.0. The van der Waals surface area contributed by atoms with E-state index in [4.69, 9.17) is 9.47 Å². The Morgan fingerprint density at radius 1 is 1.24 bits per heavy atom. The molecule has 1 amide bonds. The minimum Gasteiger partial charge on any atom is -0.497 e. The fraction of sp³-hybridized carbons (Fsp3) is 0.480. The Kier molecular flexibility index (Phi) is 6.28. The Balaban J connectivity index is 1.40. The summed E-state index contributed by atoms with van der Waals surface area (Å²) in [7, 11) is 1.65. The van der Waals surface area contributed by atoms with Crippen LogP contribution in [0.5, 0.6) is 5.75 Å². The number of ether oxygens (including phenoxy) is 2. The summed E-state index contributed by atoms with van der Waals surface area (Å²) in [5.74, 6) is 0.484. The Morgan fingerprint density at radius 2 is 2.06 bits per heavy atom. The van der Waals surface area contributed by atoms with Gasteiger partial charge in [-0.1, -0.05) is 0 Å². The van der Waals surface area contributed by atoms with Gasteiger partial charge in [-0.3, -0.25) is 14.9 Å². The van der Waals surface area contributed by atoms with Crippen molar-refractivity contribution in [2.75, 3.05) is 49.7 Å². The van der Waals surface area contributed by atoms with Crippen molar-refractivity contribution in [3.8, 4) is 5.75 Å². The molecule has 9 heteroatoms. The Hall–Kier alpha value is -3.33. The van der Waals surface area contributed by atoms with Crippen molar-refractivity contribution in [3.63, 3.8) is 0 Å². The smallest absolute Gasteiger partial charge is 0.269 e. The van der Waals surface area contributed by atoms with Crippen LogP contribution in [-0.2, 0) is 16.0 Å². The van der Waals surface area contributed by atoms with Gasteiger partial charge >= 0.3 is 0 Å². The molecule has 3 unspecified atom stereocenters. The molecule has 9 nitrogen and oxygen atoms in total. The number of nitro benzene ring substituents is 1. The van der Waals surface area contributed by atoms with Crippen LogP contribution in [0.2, 0.25) is 0 Å². The lowest BCUT2D eigenvalue weighted by Gasteiger charge is -2.49. The van der Waals surface area contributed by atoms with Gasteiger partial charge in [0.05, 0.1) is 30.1 Å². The van der Waals surface area contributed by atoms with E-state index in [2.05, 4.69) is 15.1 Å². The zero-order valence-corrected chi connectivity index (χ0v) is 19.3. The van der Waals surface area contributed by atoms with Crippen LogP contribution in [0.15, 0.2) is 42.5 Å². The van der Waals surface area contributed by atoms with Gasteiger partial charge in [-0.05, 0) is 55.2 Å². The fourth-order valence-corrected chi connectivity index (χ4v) is 5.40. The molecule has 0 aliphatic carbocycles. The lowest BCUT2D eigenvalue weighted by Crippen LogP contribution is -2.61. The molecular weight excluding hydrogens is 436 g/mol. The maximum absolute atomic E-state index is 13.4. The highest BCUT2D eigenvalue weighted by atomic mass is 16.6. The number of hydrogen-bond donors (Lipinski definition) is 1. The van der Waals surface area contributed by atoms with Crippen molar-refractivity contribution >= 4 is 23.0 Å². The Labute approximate surface area is 198 Å². The van der Waals surface area contributed by atoms with Crippen molar-refractivity contribution in [1.82, 2.24) is 5.32 Å². The molecule has 3 aliphatic rings. The van der Waals surface area contributed by atoms with Crippen molar-refractivity contribution in [2.24, 2.45) is 5.92 Å². The van der Waals surface area contributed by atoms with Crippen molar-refractivity contribution in [3.05, 3.63) is 58.1 Å². The molecule has 3 heterocycles. The summed E-state index contributed by atoms with van der Waals surface area (Å²) in [6.45, 7) is 3.47. The molecule has 180 valence electrons. The molecule has 3 atom stereocenters. The van der Waals surface area contributed by atoms with Gasteiger partial charge in [0.25, 0.3) is 5.69 Å². The van der Waals surface area contributed by atoms with Gasteiger partial charge in [-0.25, -0.2) is 0 Å². The number of fused-ring (bicyclic) bond motifs is 3. The molecule has 2 aromatic carbocycles. The number of rotatable bonds is 6. The standard InChI is InChI=1S/C25H30N4O5/c1-33-20-7-4-18(5-8-20)27-10-11-28-23-9-6-19(29(31)32)13-17(23)14-22(24(28)16-27)25(30)26-15-21-3-2-12-34-21/h4-9,13,21-22,24H,2-3,10-12,14-16H2,1H3,(H,26,30). The van der Waals surface area contributed by atoms with Crippen LogP contribution in [0, 0.1) is 16.0 Å². The predicted molar refractivity (Wildman–Crippen MR) is 129 cm³/mol. The number of hydrogen-bond acceptors (Lipinski definition) is 7. The van der Waals surface area contributed by atoms with E-state index in [1.165, 1.54) is 0 Å². The average molecular weight is 467 g/mol. The largest absolute Gasteiger partial charge is 0.497 e. The predicted octanol–water partition coefficient (Wildman–Crippen LogP) is 2.77. The van der Waals surface area contributed by atoms with Gasteiger partial charge in [-0.15, -0.1) is 0 Å². The lowest BCUT2D eigenvalue weighted by atomic mass is 9.83. The SMILES string of the molecule is COc1ccc(N2CCN3c4ccc([N+](=O)[O-])cc4CC(C(=O)NCC4CCCO4)C3C2)cc1. The molecule has 3 aliphatic heterocycles. The lowest BCUT2D eigenvalue weighted by molar-refractivity contribution is -0.384. The zero-order valence-electron chi connectivity index (χ0n) is 19.3. The molecule has 2 fully saturated rings. The van der Waals surface area contributed by atoms with E-state index in [1.807, 2.05) is 30.3 Å². The highest BCUT2D eigenvalue weighted by molar-refractivity contribution is 5.82. The second-order valence-electron chi connectivity index (χ2n) is 9.17. The van der Waals surface area contributed by atoms with E-state index >= 15 is 0 Å². The van der Waals surface area contributed by atoms with E-state index in [0.717, 1.165) is 55.2 Å². The van der Waals surface area contributed by atoms with Gasteiger partial charge < -0.3 is 24.6 Å². The minimum absolute atomic E-state index is 0.0146. The molecule has 0 saturated carbocycles. The molecule has 0 radical (unpaired) electrons. The van der Waals surface area contributed by atoms with Crippen LogP contribution < -0.4 is 19.9 Å². The van der Waals surface area contributed by atoms with Crippen molar-refractivity contribution < 1.29 is 19.2 Å². The first-order valence-electron chi connectivity index (χ1n) is 11.9. The number of amides is 1. The highest BCUT2D eigenvalue weighted by Gasteiger charge is 2.42. The van der Waals surface area contributed by atoms with Crippen LogP contribution in [0.4, 0.5) is 17.1 Å². The molecule has 34 heavy (non-hydrogen) atoms. The van der Waals surface area contributed by atoms with Crippen LogP contribution in [0.1, 0.15) is 18.4 Å². The monoisotopic (exact) mass is 466 g/mol. The summed E-state index contributed by atoms with van der Waals surface area (Å²) in [6, 6.07) is 13.0. The first-order valence-corrected chi connectivity index (χ1v) is 11.9. The van der Waals surface area contributed by atoms with Crippen LogP contribution in [-0.4, -0.2) is 62.9 Å². The number of carbonyl (C=O) groups excluding carboxylic acids is 1. The first-order chi connectivity index (χ1) is 16.5. The molecule has 2 aromatic rings. The van der Waals surface area contributed by atoms with Gasteiger partial charge in [0, 0.05) is 56.3 Å². The number of benzene rings is 2. The summed E-state index contributed by atoms with van der Waals surface area (Å²) in [5, 5.41) is 14.5. The molecule has 2 saturated heterocycles. The van der Waals surface area contributed by atoms with Gasteiger partial charge in [0.2, 0.25) is 5.91 Å². The molecule has 1 N–H and O–H groups in total. The number of carbonyl (C=O) groups is 1. The molecular formula is C25H30N4O5. The van der Waals surface area contributed by atoms with E-state index in [-0.39, 0.29) is 34.6 Å². The number of nitrogens with one attached hydrogen (secondary N) is 1. The summed E-state index contributed by atoms with van der Waals surface area (Å²) in [5.41, 5.74) is 3.01. The van der Waals surface area contributed by atoms with Gasteiger partial charge in [-0.2, -0.15) is 0 Å². The fourth-order valence-electron chi connectivity index (χ4n) is 5.40. The summed E-state index contributed by atoms with van der Waals surface area (Å²) >= 11 is 0. The van der Waals surface area contributed by atoms with Crippen LogP contribution >= 0.6 is 0 Å². The Morgan fingerprint density at radius 3 is 2.76 bits per heavy atom. The normalized spacial score (nSPS) is 23.7. The van der Waals surface area contributed by atoms with E-state index in [9.17, 15) is 14.9 Å². The second-order valence-corrected chi connectivity index (χ2v) is 9.17. The molecule has 0 spiro atoms. The van der Waals surface area contributed by atoms with Crippen LogP contribution in [0.25, 0.3) is 0 Å². The van der Waals surface area contributed by atoms with Crippen molar-refractivity contribution in [2.45, 2.75) is 31.4 Å². The van der Waals surface area contributed by atoms with E-state index in [0.29, 0.717) is 19.5 Å². The van der Waals surface area contributed by atoms with E-state index < -0.39 is 0 Å². The van der Waals surface area contributed by atoms with E-state index in [1.54, 1.807) is 19.2 Å². The second kappa shape index (κ2) is 9.50. The van der Waals surface area contributed by atoms with Gasteiger partial charge in [0.15, 0.2) is 0 Å². The third-order valence-electron chi connectivity index (χ3n) is 7.21. The minimum atomic E-state index is -0.375. The van der Waals surface area contributed by atoms with Gasteiger partial charge in [0.1, 0.15) is 5.75 Å². The molecule has 0 bridgehead atoms. The topological polar surface area (TPSA) is 97.2 Å². The number of methoxy groups -OCH3 is 1. The maximum Gasteiger partial charge on any atom is 0.269 e. The number of piperazine rings is 1. The third-order valence-corrected chi connectivity index (χ3v) is 7.21. The van der Waals surface area contributed by atoms with Crippen molar-refractivity contribution in [1.29, 1.82) is 0 Å².